The van der Waals surface area contributed by atoms with Crippen molar-refractivity contribution in [2.24, 2.45) is 34.5 Å². The molecule has 6 aliphatic rings. The summed E-state index contributed by atoms with van der Waals surface area (Å²) in [6.07, 6.45) is 3.41. The van der Waals surface area contributed by atoms with Crippen LogP contribution in [-0.4, -0.2) is 87.1 Å². The van der Waals surface area contributed by atoms with Crippen molar-refractivity contribution in [3.05, 3.63) is 11.6 Å². The number of fused-ring (bicyclic) bond motifs is 5. The number of carbonyl (C=O) groups is 1. The van der Waals surface area contributed by atoms with Crippen LogP contribution in [0.15, 0.2) is 11.6 Å². The van der Waals surface area contributed by atoms with Crippen LogP contribution in [0.5, 0.6) is 0 Å². The molecule has 5 fully saturated rings. The highest BCUT2D eigenvalue weighted by Gasteiger charge is 2.67. The van der Waals surface area contributed by atoms with Crippen LogP contribution in [0.3, 0.4) is 0 Å². The summed E-state index contributed by atoms with van der Waals surface area (Å²) in [6, 6.07) is 0. The lowest BCUT2D eigenvalue weighted by atomic mass is 9.43. The van der Waals surface area contributed by atoms with Crippen LogP contribution >= 0.6 is 0 Å². The summed E-state index contributed by atoms with van der Waals surface area (Å²) in [7, 11) is 0. The average Bonchev–Trinajstić information content (AvgIpc) is 3.44. The first kappa shape index (κ1) is 27.1. The molecule has 4 aliphatic carbocycles. The molecule has 9 heteroatoms. The van der Waals surface area contributed by atoms with E-state index in [2.05, 4.69) is 13.8 Å². The molecule has 13 atom stereocenters. The molecule has 0 aromatic heterocycles. The average molecular weight is 537 g/mol. The van der Waals surface area contributed by atoms with Crippen molar-refractivity contribution in [1.29, 1.82) is 0 Å². The van der Waals surface area contributed by atoms with Crippen molar-refractivity contribution in [3.8, 4) is 0 Å². The third-order valence-electron chi connectivity index (χ3n) is 12.1. The fraction of sp³-hybridized carbons (Fsp3) is 0.897. The summed E-state index contributed by atoms with van der Waals surface area (Å²) in [6.45, 7) is 4.52. The Labute approximate surface area is 224 Å². The molecule has 6 rings (SSSR count). The molecule has 5 N–H and O–H groups in total. The van der Waals surface area contributed by atoms with Gasteiger partial charge in [0.15, 0.2) is 6.29 Å². The summed E-state index contributed by atoms with van der Waals surface area (Å²) in [5.41, 5.74) is 0.141. The first-order valence-electron chi connectivity index (χ1n) is 14.6. The number of carbonyl (C=O) groups excluding carboxylic acids is 1. The highest BCUT2D eigenvalue weighted by molar-refractivity contribution is 5.85. The van der Waals surface area contributed by atoms with E-state index in [-0.39, 0.29) is 34.7 Å². The predicted molar refractivity (Wildman–Crippen MR) is 134 cm³/mol. The molecule has 6 unspecified atom stereocenters. The first-order valence-corrected chi connectivity index (χ1v) is 14.6. The molecule has 0 aromatic rings. The fourth-order valence-corrected chi connectivity index (χ4v) is 9.86. The van der Waals surface area contributed by atoms with E-state index in [1.807, 2.05) is 0 Å². The van der Waals surface area contributed by atoms with Crippen LogP contribution in [0.1, 0.15) is 71.6 Å². The molecule has 4 saturated carbocycles. The molecule has 1 saturated heterocycles. The van der Waals surface area contributed by atoms with E-state index in [1.54, 1.807) is 6.08 Å². The van der Waals surface area contributed by atoms with Gasteiger partial charge in [0, 0.05) is 11.5 Å². The smallest absolute Gasteiger partial charge is 0.331 e. The lowest BCUT2D eigenvalue weighted by molar-refractivity contribution is -0.317. The van der Waals surface area contributed by atoms with Gasteiger partial charge in [-0.25, -0.2) is 4.79 Å². The van der Waals surface area contributed by atoms with Gasteiger partial charge in [0.25, 0.3) is 0 Å². The third-order valence-corrected chi connectivity index (χ3v) is 12.1. The number of esters is 1. The monoisotopic (exact) mass is 536 g/mol. The minimum atomic E-state index is -1.44. The van der Waals surface area contributed by atoms with Gasteiger partial charge in [-0.3, -0.25) is 0 Å². The molecule has 0 amide bonds. The Bertz CT molecular complexity index is 968. The molecule has 9 nitrogen and oxygen atoms in total. The molecule has 0 bridgehead atoms. The van der Waals surface area contributed by atoms with Gasteiger partial charge in [0.2, 0.25) is 0 Å². The Kier molecular flexibility index (Phi) is 6.78. The molecule has 2 heterocycles. The maximum atomic E-state index is 12.4. The number of hydrogen-bond donors (Lipinski definition) is 5. The number of aliphatic hydroxyl groups is 5. The highest BCUT2D eigenvalue weighted by atomic mass is 16.7. The first-order chi connectivity index (χ1) is 18.0. The SMILES string of the molecule is C[C@]12CC[C@H](OC3OC(CO)C(O)C(O)C3O)C[C@@H]1CC[C@@H]1C2CC[C@]2(C)[C@@H](C3=CC(=O)OC3)CC[C@]12O. The zero-order valence-electron chi connectivity index (χ0n) is 22.5. The van der Waals surface area contributed by atoms with E-state index in [1.165, 1.54) is 0 Å². The van der Waals surface area contributed by atoms with Crippen LogP contribution in [0, 0.1) is 34.5 Å². The number of cyclic esters (lactones) is 1. The molecule has 214 valence electrons. The minimum Gasteiger partial charge on any atom is -0.458 e. The van der Waals surface area contributed by atoms with Gasteiger partial charge < -0.3 is 39.7 Å². The minimum absolute atomic E-state index is 0.0823. The Hall–Kier alpha value is -1.07. The second-order valence-electron chi connectivity index (χ2n) is 13.5. The van der Waals surface area contributed by atoms with Crippen molar-refractivity contribution >= 4 is 5.97 Å². The second kappa shape index (κ2) is 9.50. The van der Waals surface area contributed by atoms with Gasteiger partial charge >= 0.3 is 5.97 Å². The van der Waals surface area contributed by atoms with E-state index in [0.717, 1.165) is 63.4 Å². The Morgan fingerprint density at radius 1 is 0.974 bits per heavy atom. The van der Waals surface area contributed by atoms with Crippen LogP contribution in [-0.2, 0) is 19.0 Å². The van der Waals surface area contributed by atoms with Crippen molar-refractivity contribution in [3.63, 3.8) is 0 Å². The molecule has 38 heavy (non-hydrogen) atoms. The molecular formula is C29H44O9. The van der Waals surface area contributed by atoms with Gasteiger partial charge in [-0.2, -0.15) is 0 Å². The topological polar surface area (TPSA) is 146 Å². The van der Waals surface area contributed by atoms with Crippen molar-refractivity contribution in [2.45, 2.75) is 114 Å². The Morgan fingerprint density at radius 2 is 1.76 bits per heavy atom. The Balaban J connectivity index is 1.15. The summed E-state index contributed by atoms with van der Waals surface area (Å²) in [5.74, 6) is 0.994. The van der Waals surface area contributed by atoms with E-state index >= 15 is 0 Å². The van der Waals surface area contributed by atoms with E-state index in [0.29, 0.717) is 18.4 Å². The predicted octanol–water partition coefficient (Wildman–Crippen LogP) is 1.43. The van der Waals surface area contributed by atoms with Crippen molar-refractivity contribution in [2.75, 3.05) is 13.2 Å². The molecule has 2 aliphatic heterocycles. The highest BCUT2D eigenvalue weighted by Crippen LogP contribution is 2.70. The van der Waals surface area contributed by atoms with Gasteiger partial charge in [0.05, 0.1) is 18.3 Å². The van der Waals surface area contributed by atoms with Gasteiger partial charge in [-0.05, 0) is 92.4 Å². The number of rotatable bonds is 4. The van der Waals surface area contributed by atoms with Crippen LogP contribution < -0.4 is 0 Å². The number of ether oxygens (including phenoxy) is 3. The number of aliphatic hydroxyl groups excluding tert-OH is 4. The lowest BCUT2D eigenvalue weighted by Crippen LogP contribution is -2.63. The van der Waals surface area contributed by atoms with E-state index in [9.17, 15) is 30.3 Å². The van der Waals surface area contributed by atoms with Crippen molar-refractivity contribution < 1.29 is 44.5 Å². The standard InChI is InChI=1S/C29H44O9/c1-27-8-5-17(37-26-25(34)24(33)23(32)21(13-30)38-26)12-16(27)3-4-20-19(27)6-9-28(2)18(7-10-29(20,28)35)15-11-22(31)36-14-15/h11,16-21,23-26,30,32-35H,3-10,12-14H2,1-2H3/t16-,17-,18+,19?,20+,21?,23?,24?,25?,26?,27-,28+,29-/m0/s1. The normalized spacial score (nSPS) is 54.5. The largest absolute Gasteiger partial charge is 0.458 e. The molecule has 0 radical (unpaired) electrons. The second-order valence-corrected chi connectivity index (χ2v) is 13.5. The number of hydrogen-bond acceptors (Lipinski definition) is 9. The molecule has 0 spiro atoms. The van der Waals surface area contributed by atoms with Crippen LogP contribution in [0.2, 0.25) is 0 Å². The summed E-state index contributed by atoms with van der Waals surface area (Å²) >= 11 is 0. The summed E-state index contributed by atoms with van der Waals surface area (Å²) in [4.78, 5) is 11.8. The maximum absolute atomic E-state index is 12.4. The van der Waals surface area contributed by atoms with Crippen molar-refractivity contribution in [1.82, 2.24) is 0 Å². The van der Waals surface area contributed by atoms with Crippen LogP contribution in [0.25, 0.3) is 0 Å². The van der Waals surface area contributed by atoms with Gasteiger partial charge in [0.1, 0.15) is 31.0 Å². The molecule has 0 aromatic carbocycles. The van der Waals surface area contributed by atoms with E-state index in [4.69, 9.17) is 14.2 Å². The van der Waals surface area contributed by atoms with Gasteiger partial charge in [-0.1, -0.05) is 13.8 Å². The quantitative estimate of drug-likeness (QED) is 0.266. The summed E-state index contributed by atoms with van der Waals surface area (Å²) < 4.78 is 17.0. The zero-order chi connectivity index (χ0) is 27.0. The zero-order valence-corrected chi connectivity index (χ0v) is 22.5. The van der Waals surface area contributed by atoms with E-state index < -0.39 is 42.9 Å². The third kappa shape index (κ3) is 3.87. The summed E-state index contributed by atoms with van der Waals surface area (Å²) in [5, 5.41) is 52.6. The van der Waals surface area contributed by atoms with Gasteiger partial charge in [-0.15, -0.1) is 0 Å². The Morgan fingerprint density at radius 3 is 2.47 bits per heavy atom. The lowest BCUT2D eigenvalue weighted by Gasteiger charge is -2.64. The fourth-order valence-electron chi connectivity index (χ4n) is 9.86. The van der Waals surface area contributed by atoms with Crippen LogP contribution in [0.4, 0.5) is 0 Å². The molecular weight excluding hydrogens is 492 g/mol. The maximum Gasteiger partial charge on any atom is 0.331 e.